The number of nitrogens with one attached hydrogen (secondary N) is 4. The van der Waals surface area contributed by atoms with Crippen molar-refractivity contribution in [2.24, 2.45) is 11.8 Å². The molecule has 12 nitrogen and oxygen atoms in total. The Bertz CT molecular complexity index is 1510. The largest absolute Gasteiger partial charge is 0.361 e. The zero-order valence-electron chi connectivity index (χ0n) is 32.4. The number of hydrogen-bond acceptors (Lipinski definition) is 8. The van der Waals surface area contributed by atoms with Crippen molar-refractivity contribution in [2.75, 3.05) is 46.4 Å². The molecule has 290 valence electrons. The molecule has 0 unspecified atom stereocenters. The molecule has 4 rings (SSSR count). The number of nitrogens with zero attached hydrogens (tertiary/aromatic N) is 2. The molecule has 0 spiro atoms. The van der Waals surface area contributed by atoms with Crippen LogP contribution in [0.25, 0.3) is 0 Å². The highest BCUT2D eigenvalue weighted by Crippen LogP contribution is 2.29. The van der Waals surface area contributed by atoms with Crippen molar-refractivity contribution in [3.8, 4) is 0 Å². The zero-order chi connectivity index (χ0) is 38.5. The summed E-state index contributed by atoms with van der Waals surface area (Å²) in [6, 6.07) is 15.4. The molecule has 4 N–H and O–H groups in total. The van der Waals surface area contributed by atoms with E-state index in [-0.39, 0.29) is 36.5 Å². The lowest BCUT2D eigenvalue weighted by Gasteiger charge is -2.32. The lowest BCUT2D eigenvalue weighted by atomic mass is 9.93. The Balaban J connectivity index is 1.51. The Kier molecular flexibility index (Phi) is 15.6. The van der Waals surface area contributed by atoms with E-state index < -0.39 is 47.5 Å². The van der Waals surface area contributed by atoms with Gasteiger partial charge in [0.05, 0.1) is 19.2 Å². The first-order valence-electron chi connectivity index (χ1n) is 19.1. The van der Waals surface area contributed by atoms with E-state index in [1.54, 1.807) is 6.92 Å². The SMILES string of the molecule is CC(C)C[C@H](NC(=O)[C@H](CCc1ccccc1)NC(=O)CN1CCN(C)CC1)C(=O)N[C@@H](Cc1ccccc1)C(=O)N[C@@H](CC(C)C)C(=O)[C@]1(C)CO1. The van der Waals surface area contributed by atoms with E-state index in [1.807, 2.05) is 88.4 Å². The molecule has 0 aliphatic carbocycles. The second-order valence-electron chi connectivity index (χ2n) is 15.7. The van der Waals surface area contributed by atoms with Gasteiger partial charge in [0, 0.05) is 32.6 Å². The number of likely N-dealkylation sites (N-methyl/N-ethyl adjacent to an activating group) is 1. The molecule has 0 aromatic heterocycles. The number of hydrogen-bond donors (Lipinski definition) is 4. The van der Waals surface area contributed by atoms with Gasteiger partial charge in [-0.1, -0.05) is 88.4 Å². The Morgan fingerprint density at radius 1 is 0.679 bits per heavy atom. The number of carbonyl (C=O) groups excluding carboxylic acids is 5. The van der Waals surface area contributed by atoms with Gasteiger partial charge in [-0.05, 0) is 62.6 Å². The topological polar surface area (TPSA) is 152 Å². The van der Waals surface area contributed by atoms with Gasteiger partial charge in [-0.2, -0.15) is 0 Å². The summed E-state index contributed by atoms with van der Waals surface area (Å²) in [4.78, 5) is 73.0. The summed E-state index contributed by atoms with van der Waals surface area (Å²) < 4.78 is 5.41. The summed E-state index contributed by atoms with van der Waals surface area (Å²) in [6.07, 6.45) is 1.80. The minimum Gasteiger partial charge on any atom is -0.361 e. The van der Waals surface area contributed by atoms with Crippen LogP contribution in [0.5, 0.6) is 0 Å². The Morgan fingerprint density at radius 2 is 1.17 bits per heavy atom. The molecule has 12 heteroatoms. The first kappa shape index (κ1) is 41.6. The van der Waals surface area contributed by atoms with Gasteiger partial charge >= 0.3 is 0 Å². The maximum atomic E-state index is 14.1. The van der Waals surface area contributed by atoms with Crippen molar-refractivity contribution in [1.29, 1.82) is 0 Å². The summed E-state index contributed by atoms with van der Waals surface area (Å²) in [6.45, 7) is 13.3. The predicted octanol–water partition coefficient (Wildman–Crippen LogP) is 2.50. The number of epoxide rings is 1. The highest BCUT2D eigenvalue weighted by atomic mass is 16.6. The molecule has 4 amide bonds. The minimum atomic E-state index is -1.02. The minimum absolute atomic E-state index is 0.0226. The van der Waals surface area contributed by atoms with Crippen LogP contribution in [0.1, 0.15) is 65.0 Å². The van der Waals surface area contributed by atoms with Crippen LogP contribution in [-0.2, 0) is 41.6 Å². The average molecular weight is 733 g/mol. The zero-order valence-corrected chi connectivity index (χ0v) is 32.4. The summed E-state index contributed by atoms with van der Waals surface area (Å²) in [5, 5.41) is 11.7. The number of aryl methyl sites for hydroxylation is 1. The predicted molar refractivity (Wildman–Crippen MR) is 205 cm³/mol. The third-order valence-electron chi connectivity index (χ3n) is 9.87. The van der Waals surface area contributed by atoms with Gasteiger partial charge in [0.15, 0.2) is 5.78 Å². The molecule has 2 saturated heterocycles. The molecule has 0 radical (unpaired) electrons. The Morgan fingerprint density at radius 3 is 1.74 bits per heavy atom. The van der Waals surface area contributed by atoms with Crippen molar-refractivity contribution < 1.29 is 28.7 Å². The van der Waals surface area contributed by atoms with E-state index in [9.17, 15) is 24.0 Å². The highest BCUT2D eigenvalue weighted by molar-refractivity contribution is 5.98. The lowest BCUT2D eigenvalue weighted by molar-refractivity contribution is -0.135. The molecule has 2 heterocycles. The third kappa shape index (κ3) is 13.7. The van der Waals surface area contributed by atoms with Gasteiger partial charge < -0.3 is 30.9 Å². The fourth-order valence-electron chi connectivity index (χ4n) is 6.57. The molecule has 2 aromatic carbocycles. The number of benzene rings is 2. The van der Waals surface area contributed by atoms with Crippen molar-refractivity contribution in [2.45, 2.75) is 96.5 Å². The molecule has 5 atom stereocenters. The van der Waals surface area contributed by atoms with Gasteiger partial charge in [0.1, 0.15) is 23.7 Å². The number of ketones is 1. The van der Waals surface area contributed by atoms with Crippen molar-refractivity contribution in [3.05, 3.63) is 71.8 Å². The van der Waals surface area contributed by atoms with Crippen LogP contribution < -0.4 is 21.3 Å². The molecule has 2 fully saturated rings. The second-order valence-corrected chi connectivity index (χ2v) is 15.7. The van der Waals surface area contributed by atoms with E-state index >= 15 is 0 Å². The normalized spacial score (nSPS) is 19.8. The number of piperazine rings is 1. The monoisotopic (exact) mass is 732 g/mol. The second kappa shape index (κ2) is 19.8. The van der Waals surface area contributed by atoms with Crippen LogP contribution in [0.2, 0.25) is 0 Å². The molecule has 2 aliphatic rings. The Labute approximate surface area is 315 Å². The molecule has 0 bridgehead atoms. The smallest absolute Gasteiger partial charge is 0.243 e. The number of ether oxygens (including phenoxy) is 1. The molecule has 53 heavy (non-hydrogen) atoms. The van der Waals surface area contributed by atoms with E-state index in [4.69, 9.17) is 4.74 Å². The maximum Gasteiger partial charge on any atom is 0.243 e. The fraction of sp³-hybridized carbons (Fsp3) is 0.585. The van der Waals surface area contributed by atoms with Crippen LogP contribution in [-0.4, -0.2) is 115 Å². The van der Waals surface area contributed by atoms with Gasteiger partial charge in [0.2, 0.25) is 23.6 Å². The number of Topliss-reactive ketones (excluding diaryl/α,β-unsaturated/α-hetero) is 1. The molecular formula is C41H60N6O6. The molecule has 2 aromatic rings. The van der Waals surface area contributed by atoms with Crippen molar-refractivity contribution in [3.63, 3.8) is 0 Å². The molecule has 0 saturated carbocycles. The van der Waals surface area contributed by atoms with Crippen LogP contribution in [0.3, 0.4) is 0 Å². The standard InChI is InChI=1S/C41H60N6O6/c1-28(2)23-33(37(49)41(5)27-53-41)43-40(52)35(25-31-15-11-8-12-16-31)45-39(51)34(24-29(3)4)44-38(50)32(18-17-30-13-9-7-10-14-30)42-36(48)26-47-21-19-46(6)20-22-47/h7-16,28-29,32-35H,17-27H2,1-6H3,(H,42,48)(H,43,52)(H,44,50)(H,45,51)/t32-,33-,34-,35-,41-/m0/s1. The van der Waals surface area contributed by atoms with Crippen LogP contribution in [0.4, 0.5) is 0 Å². The maximum absolute atomic E-state index is 14.1. The summed E-state index contributed by atoms with van der Waals surface area (Å²) in [5.41, 5.74) is 0.932. The van der Waals surface area contributed by atoms with E-state index in [2.05, 4.69) is 38.1 Å². The highest BCUT2D eigenvalue weighted by Gasteiger charge is 2.50. The summed E-state index contributed by atoms with van der Waals surface area (Å²) in [7, 11) is 2.05. The molecular weight excluding hydrogens is 672 g/mol. The van der Waals surface area contributed by atoms with Crippen LogP contribution in [0.15, 0.2) is 60.7 Å². The van der Waals surface area contributed by atoms with E-state index in [0.717, 1.165) is 37.3 Å². The average Bonchev–Trinajstić information content (AvgIpc) is 3.88. The lowest BCUT2D eigenvalue weighted by Crippen LogP contribution is -2.59. The fourth-order valence-corrected chi connectivity index (χ4v) is 6.57. The number of carbonyl (C=O) groups is 5. The third-order valence-corrected chi connectivity index (χ3v) is 9.87. The summed E-state index contributed by atoms with van der Waals surface area (Å²) >= 11 is 0. The van der Waals surface area contributed by atoms with Crippen LogP contribution >= 0.6 is 0 Å². The van der Waals surface area contributed by atoms with E-state index in [1.165, 1.54) is 0 Å². The van der Waals surface area contributed by atoms with Crippen molar-refractivity contribution in [1.82, 2.24) is 31.1 Å². The van der Waals surface area contributed by atoms with Gasteiger partial charge in [0.25, 0.3) is 0 Å². The molecule has 2 aliphatic heterocycles. The summed E-state index contributed by atoms with van der Waals surface area (Å²) in [5.74, 6) is -1.76. The first-order valence-corrected chi connectivity index (χ1v) is 19.1. The number of amides is 4. The van der Waals surface area contributed by atoms with Crippen molar-refractivity contribution >= 4 is 29.4 Å². The van der Waals surface area contributed by atoms with E-state index in [0.29, 0.717) is 32.3 Å². The van der Waals surface area contributed by atoms with Gasteiger partial charge in [-0.25, -0.2) is 0 Å². The van der Waals surface area contributed by atoms with Gasteiger partial charge in [-0.15, -0.1) is 0 Å². The van der Waals surface area contributed by atoms with Crippen LogP contribution in [0, 0.1) is 11.8 Å². The van der Waals surface area contributed by atoms with Gasteiger partial charge in [-0.3, -0.25) is 28.9 Å². The number of rotatable bonds is 20. The Hall–Kier alpha value is -4.13. The quantitative estimate of drug-likeness (QED) is 0.152. The first-order chi connectivity index (χ1) is 25.2.